The van der Waals surface area contributed by atoms with Gasteiger partial charge in [-0.25, -0.2) is 0 Å². The molecule has 18 heavy (non-hydrogen) atoms. The molecule has 2 rings (SSSR count). The van der Waals surface area contributed by atoms with Crippen molar-refractivity contribution in [3.8, 4) is 0 Å². The van der Waals surface area contributed by atoms with E-state index in [1.807, 2.05) is 6.07 Å². The first-order valence-corrected chi connectivity index (χ1v) is 7.06. The largest absolute Gasteiger partial charge is 0.468 e. The van der Waals surface area contributed by atoms with Gasteiger partial charge in [0.2, 0.25) is 0 Å². The van der Waals surface area contributed by atoms with Crippen LogP contribution in [0, 0.1) is 0 Å². The second-order valence-electron chi connectivity index (χ2n) is 4.89. The van der Waals surface area contributed by atoms with Crippen LogP contribution in [0.15, 0.2) is 22.8 Å². The lowest BCUT2D eigenvalue weighted by Gasteiger charge is -2.25. The standard InChI is InChI=1S/C14H25N3O/c1-2-16(13-14-5-3-12-18-14)10-11-17-8-4-6-15-7-9-17/h3,5,12,15H,2,4,6-11,13H2,1H3. The Morgan fingerprint density at radius 3 is 3.11 bits per heavy atom. The summed E-state index contributed by atoms with van der Waals surface area (Å²) in [6, 6.07) is 4.02. The maximum atomic E-state index is 5.41. The van der Waals surface area contributed by atoms with Gasteiger partial charge in [-0.1, -0.05) is 6.92 Å². The van der Waals surface area contributed by atoms with Gasteiger partial charge in [0.05, 0.1) is 12.8 Å². The van der Waals surface area contributed by atoms with Crippen LogP contribution in [0.4, 0.5) is 0 Å². The Morgan fingerprint density at radius 2 is 2.33 bits per heavy atom. The van der Waals surface area contributed by atoms with Crippen LogP contribution in [0.2, 0.25) is 0 Å². The summed E-state index contributed by atoms with van der Waals surface area (Å²) >= 11 is 0. The van der Waals surface area contributed by atoms with Crippen LogP contribution < -0.4 is 5.32 Å². The molecule has 0 aromatic carbocycles. The zero-order chi connectivity index (χ0) is 12.6. The molecule has 1 aromatic rings. The summed E-state index contributed by atoms with van der Waals surface area (Å²) in [5.74, 6) is 1.06. The smallest absolute Gasteiger partial charge is 0.117 e. The summed E-state index contributed by atoms with van der Waals surface area (Å²) in [6.45, 7) is 11.2. The Labute approximate surface area is 110 Å². The van der Waals surface area contributed by atoms with Gasteiger partial charge in [-0.05, 0) is 38.2 Å². The van der Waals surface area contributed by atoms with E-state index < -0.39 is 0 Å². The minimum absolute atomic E-state index is 0.926. The Morgan fingerprint density at radius 1 is 1.39 bits per heavy atom. The van der Waals surface area contributed by atoms with Crippen molar-refractivity contribution in [2.24, 2.45) is 0 Å². The molecule has 1 saturated heterocycles. The molecule has 0 amide bonds. The van der Waals surface area contributed by atoms with Gasteiger partial charge in [-0.15, -0.1) is 0 Å². The number of nitrogens with one attached hydrogen (secondary N) is 1. The number of rotatable bonds is 6. The molecule has 4 heteroatoms. The molecule has 0 spiro atoms. The van der Waals surface area contributed by atoms with Gasteiger partial charge in [0, 0.05) is 26.2 Å². The molecule has 0 unspecified atom stereocenters. The highest BCUT2D eigenvalue weighted by Gasteiger charge is 2.11. The average molecular weight is 251 g/mol. The van der Waals surface area contributed by atoms with Gasteiger partial charge in [-0.3, -0.25) is 4.90 Å². The van der Waals surface area contributed by atoms with Crippen molar-refractivity contribution >= 4 is 0 Å². The Balaban J connectivity index is 1.72. The topological polar surface area (TPSA) is 31.6 Å². The van der Waals surface area contributed by atoms with E-state index >= 15 is 0 Å². The predicted molar refractivity (Wildman–Crippen MR) is 73.6 cm³/mol. The molecule has 1 aliphatic rings. The third kappa shape index (κ3) is 4.44. The second kappa shape index (κ2) is 7.56. The number of furan rings is 1. The molecule has 0 aliphatic carbocycles. The minimum Gasteiger partial charge on any atom is -0.468 e. The number of nitrogens with zero attached hydrogens (tertiary/aromatic N) is 2. The van der Waals surface area contributed by atoms with E-state index in [-0.39, 0.29) is 0 Å². The monoisotopic (exact) mass is 251 g/mol. The van der Waals surface area contributed by atoms with Gasteiger partial charge >= 0.3 is 0 Å². The van der Waals surface area contributed by atoms with E-state index in [2.05, 4.69) is 28.1 Å². The zero-order valence-electron chi connectivity index (χ0n) is 11.4. The highest BCUT2D eigenvalue weighted by molar-refractivity contribution is 4.97. The molecule has 102 valence electrons. The molecule has 0 atom stereocenters. The number of hydrogen-bond donors (Lipinski definition) is 1. The van der Waals surface area contributed by atoms with E-state index in [0.29, 0.717) is 0 Å². The third-order valence-electron chi connectivity index (χ3n) is 3.57. The van der Waals surface area contributed by atoms with Gasteiger partial charge in [0.15, 0.2) is 0 Å². The van der Waals surface area contributed by atoms with Crippen LogP contribution >= 0.6 is 0 Å². The molecular weight excluding hydrogens is 226 g/mol. The third-order valence-corrected chi connectivity index (χ3v) is 3.57. The Hall–Kier alpha value is -0.840. The molecule has 4 nitrogen and oxygen atoms in total. The van der Waals surface area contributed by atoms with Crippen LogP contribution in [0.3, 0.4) is 0 Å². The van der Waals surface area contributed by atoms with Crippen molar-refractivity contribution in [2.45, 2.75) is 19.9 Å². The second-order valence-corrected chi connectivity index (χ2v) is 4.89. The van der Waals surface area contributed by atoms with Crippen molar-refractivity contribution in [2.75, 3.05) is 45.8 Å². The van der Waals surface area contributed by atoms with Crippen LogP contribution in [0.5, 0.6) is 0 Å². The summed E-state index contributed by atoms with van der Waals surface area (Å²) in [7, 11) is 0. The number of hydrogen-bond acceptors (Lipinski definition) is 4. The van der Waals surface area contributed by atoms with E-state index in [9.17, 15) is 0 Å². The van der Waals surface area contributed by atoms with E-state index in [4.69, 9.17) is 4.42 Å². The fraction of sp³-hybridized carbons (Fsp3) is 0.714. The quantitative estimate of drug-likeness (QED) is 0.828. The summed E-state index contributed by atoms with van der Waals surface area (Å²) in [4.78, 5) is 5.00. The molecule has 1 N–H and O–H groups in total. The van der Waals surface area contributed by atoms with Crippen LogP contribution in [0.1, 0.15) is 19.1 Å². The SMILES string of the molecule is CCN(CCN1CCCNCC1)Cc1ccco1. The van der Waals surface area contributed by atoms with Crippen LogP contribution in [-0.4, -0.2) is 55.6 Å². The van der Waals surface area contributed by atoms with Crippen LogP contribution in [0.25, 0.3) is 0 Å². The maximum absolute atomic E-state index is 5.41. The molecular formula is C14H25N3O. The summed E-state index contributed by atoms with van der Waals surface area (Å²) in [5, 5.41) is 3.44. The maximum Gasteiger partial charge on any atom is 0.117 e. The highest BCUT2D eigenvalue weighted by atomic mass is 16.3. The molecule has 1 fully saturated rings. The van der Waals surface area contributed by atoms with E-state index in [0.717, 1.165) is 38.5 Å². The lowest BCUT2D eigenvalue weighted by molar-refractivity contribution is 0.201. The Kier molecular flexibility index (Phi) is 5.71. The van der Waals surface area contributed by atoms with E-state index in [1.54, 1.807) is 6.26 Å². The first-order valence-electron chi connectivity index (χ1n) is 7.06. The summed E-state index contributed by atoms with van der Waals surface area (Å²) < 4.78 is 5.41. The summed E-state index contributed by atoms with van der Waals surface area (Å²) in [6.07, 6.45) is 3.02. The van der Waals surface area contributed by atoms with Gasteiger partial charge < -0.3 is 14.6 Å². The minimum atomic E-state index is 0.926. The lowest BCUT2D eigenvalue weighted by atomic mass is 10.3. The van der Waals surface area contributed by atoms with Crippen LogP contribution in [-0.2, 0) is 6.54 Å². The van der Waals surface area contributed by atoms with Crippen molar-refractivity contribution in [1.29, 1.82) is 0 Å². The average Bonchev–Trinajstić information content (AvgIpc) is 2.76. The number of likely N-dealkylation sites (N-methyl/N-ethyl adjacent to an activating group) is 1. The highest BCUT2D eigenvalue weighted by Crippen LogP contribution is 2.05. The van der Waals surface area contributed by atoms with Crippen molar-refractivity contribution in [3.05, 3.63) is 24.2 Å². The first kappa shape index (κ1) is 13.6. The summed E-state index contributed by atoms with van der Waals surface area (Å²) in [5.41, 5.74) is 0. The van der Waals surface area contributed by atoms with Gasteiger partial charge in [-0.2, -0.15) is 0 Å². The molecule has 1 aliphatic heterocycles. The van der Waals surface area contributed by atoms with Crippen molar-refractivity contribution in [1.82, 2.24) is 15.1 Å². The van der Waals surface area contributed by atoms with Gasteiger partial charge in [0.1, 0.15) is 5.76 Å². The zero-order valence-corrected chi connectivity index (χ0v) is 11.4. The molecule has 2 heterocycles. The lowest BCUT2D eigenvalue weighted by Crippen LogP contribution is -2.36. The Bertz CT molecular complexity index is 305. The molecule has 0 saturated carbocycles. The van der Waals surface area contributed by atoms with Crippen molar-refractivity contribution in [3.63, 3.8) is 0 Å². The first-order chi connectivity index (χ1) is 8.88. The van der Waals surface area contributed by atoms with E-state index in [1.165, 1.54) is 26.1 Å². The van der Waals surface area contributed by atoms with Gasteiger partial charge in [0.25, 0.3) is 0 Å². The fourth-order valence-corrected chi connectivity index (χ4v) is 2.38. The predicted octanol–water partition coefficient (Wildman–Crippen LogP) is 1.40. The fourth-order valence-electron chi connectivity index (χ4n) is 2.38. The van der Waals surface area contributed by atoms with Crippen molar-refractivity contribution < 1.29 is 4.42 Å². The molecule has 0 radical (unpaired) electrons. The normalized spacial score (nSPS) is 18.1. The molecule has 0 bridgehead atoms. The molecule has 1 aromatic heterocycles.